The molecule has 1 aromatic carbocycles. The van der Waals surface area contributed by atoms with Crippen LogP contribution in [0, 0.1) is 6.92 Å². The van der Waals surface area contributed by atoms with Crippen LogP contribution < -0.4 is 5.32 Å². The maximum absolute atomic E-state index is 12.3. The number of phenols is 1. The number of aromatic hydroxyl groups is 1. The minimum atomic E-state index is -0.247. The molecule has 0 amide bonds. The number of anilines is 1. The lowest BCUT2D eigenvalue weighted by molar-refractivity contribution is 0.0527. The smallest absolute Gasteiger partial charge is 0.341 e. The Hall–Kier alpha value is -2.01. The lowest BCUT2D eigenvalue weighted by atomic mass is 10.1. The van der Waals surface area contributed by atoms with Gasteiger partial charge in [-0.2, -0.15) is 0 Å². The van der Waals surface area contributed by atoms with Crippen molar-refractivity contribution in [2.75, 3.05) is 11.9 Å². The number of esters is 1. The Morgan fingerprint density at radius 3 is 3.00 bits per heavy atom. The molecule has 23 heavy (non-hydrogen) atoms. The van der Waals surface area contributed by atoms with Crippen LogP contribution in [0.25, 0.3) is 0 Å². The van der Waals surface area contributed by atoms with Gasteiger partial charge in [-0.3, -0.25) is 0 Å². The topological polar surface area (TPSA) is 58.6 Å². The third kappa shape index (κ3) is 3.20. The summed E-state index contributed by atoms with van der Waals surface area (Å²) in [4.78, 5) is 13.6. The van der Waals surface area contributed by atoms with Crippen LogP contribution in [0.3, 0.4) is 0 Å². The highest BCUT2D eigenvalue weighted by Gasteiger charge is 2.27. The van der Waals surface area contributed by atoms with Crippen molar-refractivity contribution in [3.63, 3.8) is 0 Å². The highest BCUT2D eigenvalue weighted by atomic mass is 32.1. The Bertz CT molecular complexity index is 736. The normalized spacial score (nSPS) is 13.0. The van der Waals surface area contributed by atoms with Gasteiger partial charge in [0.05, 0.1) is 12.2 Å². The summed E-state index contributed by atoms with van der Waals surface area (Å²) >= 11 is 1.64. The molecule has 4 nitrogen and oxygen atoms in total. The zero-order chi connectivity index (χ0) is 16.4. The molecule has 0 aliphatic heterocycles. The fraction of sp³-hybridized carbons (Fsp3) is 0.389. The number of nitrogens with one attached hydrogen (secondary N) is 1. The SMILES string of the molecule is CCOC(=O)c1c(NCc2cc(C)ccc2O)sc2c1CCC2. The van der Waals surface area contributed by atoms with Crippen LogP contribution in [0.15, 0.2) is 18.2 Å². The molecule has 0 bridgehead atoms. The summed E-state index contributed by atoms with van der Waals surface area (Å²) in [6.07, 6.45) is 3.08. The molecule has 1 aliphatic carbocycles. The van der Waals surface area contributed by atoms with E-state index in [-0.39, 0.29) is 11.7 Å². The number of aryl methyl sites for hydroxylation is 2. The summed E-state index contributed by atoms with van der Waals surface area (Å²) in [7, 11) is 0. The molecule has 2 N–H and O–H groups in total. The zero-order valence-electron chi connectivity index (χ0n) is 13.4. The maximum Gasteiger partial charge on any atom is 0.341 e. The van der Waals surface area contributed by atoms with Crippen LogP contribution in [0.2, 0.25) is 0 Å². The van der Waals surface area contributed by atoms with Gasteiger partial charge in [0.2, 0.25) is 0 Å². The van der Waals surface area contributed by atoms with E-state index in [0.29, 0.717) is 18.7 Å². The van der Waals surface area contributed by atoms with Gasteiger partial charge in [-0.1, -0.05) is 17.7 Å². The number of phenolic OH excluding ortho intramolecular Hbond substituents is 1. The van der Waals surface area contributed by atoms with Crippen LogP contribution in [0.4, 0.5) is 5.00 Å². The molecule has 2 aromatic rings. The number of ether oxygens (including phenoxy) is 1. The fourth-order valence-electron chi connectivity index (χ4n) is 2.98. The molecular weight excluding hydrogens is 310 g/mol. The molecule has 3 rings (SSSR count). The highest BCUT2D eigenvalue weighted by Crippen LogP contribution is 2.39. The van der Waals surface area contributed by atoms with Crippen LogP contribution in [-0.2, 0) is 24.1 Å². The quantitative estimate of drug-likeness (QED) is 0.812. The van der Waals surface area contributed by atoms with E-state index in [0.717, 1.165) is 41.0 Å². The van der Waals surface area contributed by atoms with E-state index in [1.165, 1.54) is 4.88 Å². The van der Waals surface area contributed by atoms with Gasteiger partial charge in [0.25, 0.3) is 0 Å². The predicted molar refractivity (Wildman–Crippen MR) is 92.5 cm³/mol. The number of benzene rings is 1. The van der Waals surface area contributed by atoms with Gasteiger partial charge in [0, 0.05) is 17.0 Å². The van der Waals surface area contributed by atoms with Gasteiger partial charge >= 0.3 is 5.97 Å². The number of hydrogen-bond acceptors (Lipinski definition) is 5. The van der Waals surface area contributed by atoms with E-state index < -0.39 is 0 Å². The molecule has 1 aliphatic rings. The summed E-state index contributed by atoms with van der Waals surface area (Å²) in [5.74, 6) is 0.0211. The third-order valence-electron chi connectivity index (χ3n) is 4.08. The van der Waals surface area contributed by atoms with Crippen LogP contribution in [0.1, 0.15) is 45.3 Å². The number of carbonyl (C=O) groups is 1. The second-order valence-corrected chi connectivity index (χ2v) is 6.87. The average molecular weight is 331 g/mol. The fourth-order valence-corrected chi connectivity index (χ4v) is 4.25. The van der Waals surface area contributed by atoms with Crippen molar-refractivity contribution in [1.29, 1.82) is 0 Å². The van der Waals surface area contributed by atoms with Gasteiger partial charge in [-0.25, -0.2) is 4.79 Å². The van der Waals surface area contributed by atoms with E-state index >= 15 is 0 Å². The summed E-state index contributed by atoms with van der Waals surface area (Å²) in [6, 6.07) is 5.53. The first kappa shape index (κ1) is 15.9. The summed E-state index contributed by atoms with van der Waals surface area (Å²) in [5.41, 5.74) is 3.76. The van der Waals surface area contributed by atoms with Crippen molar-refractivity contribution in [3.8, 4) is 5.75 Å². The molecule has 122 valence electrons. The average Bonchev–Trinajstić information content (AvgIpc) is 3.08. The van der Waals surface area contributed by atoms with Crippen LogP contribution in [-0.4, -0.2) is 17.7 Å². The summed E-state index contributed by atoms with van der Waals surface area (Å²) < 4.78 is 5.23. The molecule has 1 aromatic heterocycles. The number of carbonyl (C=O) groups excluding carboxylic acids is 1. The first-order valence-corrected chi connectivity index (χ1v) is 8.75. The van der Waals surface area contributed by atoms with Crippen LogP contribution in [0.5, 0.6) is 5.75 Å². The number of hydrogen-bond donors (Lipinski definition) is 2. The summed E-state index contributed by atoms with van der Waals surface area (Å²) in [5, 5.41) is 14.1. The van der Waals surface area contributed by atoms with E-state index in [1.54, 1.807) is 17.4 Å². The molecule has 0 radical (unpaired) electrons. The van der Waals surface area contributed by atoms with Gasteiger partial charge < -0.3 is 15.2 Å². The number of thiophene rings is 1. The van der Waals surface area contributed by atoms with E-state index in [1.807, 2.05) is 26.0 Å². The summed E-state index contributed by atoms with van der Waals surface area (Å²) in [6.45, 7) is 4.68. The first-order chi connectivity index (χ1) is 11.1. The molecule has 1 heterocycles. The van der Waals surface area contributed by atoms with Crippen molar-refractivity contribution in [1.82, 2.24) is 0 Å². The second-order valence-electron chi connectivity index (χ2n) is 5.77. The minimum Gasteiger partial charge on any atom is -0.508 e. The Morgan fingerprint density at radius 1 is 1.39 bits per heavy atom. The Labute approximate surface area is 140 Å². The van der Waals surface area contributed by atoms with Crippen LogP contribution >= 0.6 is 11.3 Å². The Morgan fingerprint density at radius 2 is 2.22 bits per heavy atom. The molecule has 0 saturated heterocycles. The molecule has 0 atom stereocenters. The van der Waals surface area contributed by atoms with Crippen molar-refractivity contribution in [2.45, 2.75) is 39.7 Å². The zero-order valence-corrected chi connectivity index (χ0v) is 14.3. The van der Waals surface area contributed by atoms with Crippen molar-refractivity contribution >= 4 is 22.3 Å². The minimum absolute atomic E-state index is 0.247. The molecule has 0 spiro atoms. The molecule has 0 fully saturated rings. The molecule has 0 unspecified atom stereocenters. The lowest BCUT2D eigenvalue weighted by Crippen LogP contribution is -2.10. The van der Waals surface area contributed by atoms with Crippen molar-refractivity contribution in [2.24, 2.45) is 0 Å². The monoisotopic (exact) mass is 331 g/mol. The van der Waals surface area contributed by atoms with Crippen molar-refractivity contribution in [3.05, 3.63) is 45.3 Å². The second kappa shape index (κ2) is 6.62. The van der Waals surface area contributed by atoms with Crippen molar-refractivity contribution < 1.29 is 14.6 Å². The van der Waals surface area contributed by atoms with Gasteiger partial charge in [-0.15, -0.1) is 11.3 Å². The molecular formula is C18H21NO3S. The third-order valence-corrected chi connectivity index (χ3v) is 5.32. The van der Waals surface area contributed by atoms with Gasteiger partial charge in [0.1, 0.15) is 10.8 Å². The maximum atomic E-state index is 12.3. The first-order valence-electron chi connectivity index (χ1n) is 7.94. The Balaban J connectivity index is 1.85. The number of rotatable bonds is 5. The van der Waals surface area contributed by atoms with E-state index in [2.05, 4.69) is 5.32 Å². The molecule has 0 saturated carbocycles. The molecule has 5 heteroatoms. The standard InChI is InChI=1S/C18H21NO3S/c1-3-22-18(21)16-13-5-4-6-15(13)23-17(16)19-10-12-9-11(2)7-8-14(12)20/h7-9,19-20H,3-6,10H2,1-2H3. The largest absolute Gasteiger partial charge is 0.508 e. The van der Waals surface area contributed by atoms with Gasteiger partial charge in [-0.05, 0) is 44.7 Å². The lowest BCUT2D eigenvalue weighted by Gasteiger charge is -2.10. The van der Waals surface area contributed by atoms with Gasteiger partial charge in [0.15, 0.2) is 0 Å². The Kier molecular flexibility index (Phi) is 4.57. The van der Waals surface area contributed by atoms with E-state index in [9.17, 15) is 9.90 Å². The highest BCUT2D eigenvalue weighted by molar-refractivity contribution is 7.16. The predicted octanol–water partition coefficient (Wildman–Crippen LogP) is 4.04. The van der Waals surface area contributed by atoms with E-state index in [4.69, 9.17) is 4.74 Å². The number of fused-ring (bicyclic) bond motifs is 1.